The Hall–Kier alpha value is -2.97. The first-order valence-corrected chi connectivity index (χ1v) is 14.7. The van der Waals surface area contributed by atoms with Crippen molar-refractivity contribution in [1.29, 1.82) is 0 Å². The van der Waals surface area contributed by atoms with Crippen LogP contribution in [-0.4, -0.2) is 42.3 Å². The molecule has 1 aromatic heterocycles. The maximum absolute atomic E-state index is 12.6. The number of nitrogen functional groups attached to an aromatic ring is 1. The molecule has 1 aliphatic rings. The van der Waals surface area contributed by atoms with E-state index in [4.69, 9.17) is 15.2 Å². The van der Waals surface area contributed by atoms with Gasteiger partial charge in [-0.25, -0.2) is 4.79 Å². The highest BCUT2D eigenvalue weighted by Gasteiger charge is 2.24. The summed E-state index contributed by atoms with van der Waals surface area (Å²) in [5.41, 5.74) is 13.1. The highest BCUT2D eigenvalue weighted by atomic mass is 28.3. The van der Waals surface area contributed by atoms with E-state index in [2.05, 4.69) is 48.0 Å². The summed E-state index contributed by atoms with van der Waals surface area (Å²) in [6.07, 6.45) is 0.798. The average molecular weight is 451 g/mol. The Balaban J connectivity index is 1.61. The van der Waals surface area contributed by atoms with E-state index < -0.39 is 14.0 Å². The highest BCUT2D eigenvalue weighted by molar-refractivity contribution is 6.76. The number of carbonyl (C=O) groups excluding carboxylic acids is 1. The number of rotatable bonds is 8. The van der Waals surface area contributed by atoms with Gasteiger partial charge in [-0.15, -0.1) is 5.10 Å². The summed E-state index contributed by atoms with van der Waals surface area (Å²) in [5.74, 6) is -0.479. The van der Waals surface area contributed by atoms with Crippen LogP contribution < -0.4 is 5.73 Å². The lowest BCUT2D eigenvalue weighted by molar-refractivity contribution is 0.0507. The van der Waals surface area contributed by atoms with E-state index in [0.29, 0.717) is 12.3 Å². The van der Waals surface area contributed by atoms with Crippen LogP contribution in [-0.2, 0) is 22.6 Å². The third-order valence-corrected chi connectivity index (χ3v) is 7.21. The van der Waals surface area contributed by atoms with Gasteiger partial charge < -0.3 is 15.2 Å². The van der Waals surface area contributed by atoms with Crippen molar-refractivity contribution in [3.8, 4) is 22.4 Å². The standard InChI is InChI=1S/C24H30N4O3Si/c1-5-31-24(29)23-22(26-28(27-23)15-30-10-11-32(2,3)4)16-6-8-20-17(12-16)13-18-14-19(25)7-9-21(18)20/h6-9,12,14H,5,10-11,13,15,25H2,1-4H3. The van der Waals surface area contributed by atoms with Gasteiger partial charge >= 0.3 is 5.97 Å². The van der Waals surface area contributed by atoms with Crippen molar-refractivity contribution in [3.63, 3.8) is 0 Å². The smallest absolute Gasteiger partial charge is 0.361 e. The van der Waals surface area contributed by atoms with Crippen molar-refractivity contribution in [2.24, 2.45) is 0 Å². The molecule has 0 atom stereocenters. The largest absolute Gasteiger partial charge is 0.461 e. The molecule has 8 heteroatoms. The van der Waals surface area contributed by atoms with Gasteiger partial charge in [0.15, 0.2) is 12.4 Å². The molecule has 0 aliphatic heterocycles. The number of anilines is 1. The Morgan fingerprint density at radius 2 is 1.81 bits per heavy atom. The quantitative estimate of drug-likeness (QED) is 0.183. The Labute approximate surface area is 189 Å². The van der Waals surface area contributed by atoms with Crippen LogP contribution in [0.1, 0.15) is 28.5 Å². The van der Waals surface area contributed by atoms with Gasteiger partial charge in [0.25, 0.3) is 0 Å². The maximum atomic E-state index is 12.6. The lowest BCUT2D eigenvalue weighted by Crippen LogP contribution is -2.22. The summed E-state index contributed by atoms with van der Waals surface area (Å²) in [4.78, 5) is 14.0. The molecule has 0 amide bonds. The lowest BCUT2D eigenvalue weighted by Gasteiger charge is -2.14. The molecule has 7 nitrogen and oxygen atoms in total. The molecule has 0 unspecified atom stereocenters. The second kappa shape index (κ2) is 8.88. The molecule has 32 heavy (non-hydrogen) atoms. The fourth-order valence-corrected chi connectivity index (χ4v) is 4.60. The Bertz CT molecular complexity index is 1150. The number of benzene rings is 2. The minimum Gasteiger partial charge on any atom is -0.461 e. The van der Waals surface area contributed by atoms with Gasteiger partial charge in [0, 0.05) is 25.9 Å². The molecule has 2 N–H and O–H groups in total. The maximum Gasteiger partial charge on any atom is 0.361 e. The average Bonchev–Trinajstić information content (AvgIpc) is 3.31. The van der Waals surface area contributed by atoms with E-state index in [9.17, 15) is 4.79 Å². The lowest BCUT2D eigenvalue weighted by atomic mass is 10.0. The van der Waals surface area contributed by atoms with Crippen LogP contribution >= 0.6 is 0 Å². The van der Waals surface area contributed by atoms with Gasteiger partial charge in [-0.05, 0) is 59.8 Å². The van der Waals surface area contributed by atoms with Crippen LogP contribution in [0.5, 0.6) is 0 Å². The molecule has 1 heterocycles. The van der Waals surface area contributed by atoms with E-state index in [1.807, 2.05) is 18.2 Å². The topological polar surface area (TPSA) is 92.3 Å². The van der Waals surface area contributed by atoms with Crippen LogP contribution in [0.25, 0.3) is 22.4 Å². The summed E-state index contributed by atoms with van der Waals surface area (Å²) in [7, 11) is -1.18. The van der Waals surface area contributed by atoms with Crippen LogP contribution in [0.2, 0.25) is 25.7 Å². The van der Waals surface area contributed by atoms with E-state index in [1.54, 1.807) is 6.92 Å². The summed E-state index contributed by atoms with van der Waals surface area (Å²) in [6.45, 7) is 9.83. The zero-order valence-electron chi connectivity index (χ0n) is 19.1. The number of esters is 1. The molecule has 0 saturated heterocycles. The summed E-state index contributed by atoms with van der Waals surface area (Å²) >= 11 is 0. The van der Waals surface area contributed by atoms with Crippen LogP contribution in [0, 0.1) is 0 Å². The minimum absolute atomic E-state index is 0.201. The van der Waals surface area contributed by atoms with E-state index in [1.165, 1.54) is 27.1 Å². The summed E-state index contributed by atoms with van der Waals surface area (Å²) in [5, 5.41) is 8.96. The van der Waals surface area contributed by atoms with Crippen molar-refractivity contribution in [2.45, 2.75) is 45.8 Å². The second-order valence-electron chi connectivity index (χ2n) is 9.30. The van der Waals surface area contributed by atoms with E-state index in [-0.39, 0.29) is 19.0 Å². The fraction of sp³-hybridized carbons (Fsp3) is 0.375. The van der Waals surface area contributed by atoms with Crippen LogP contribution in [0.4, 0.5) is 5.69 Å². The van der Waals surface area contributed by atoms with E-state index in [0.717, 1.165) is 23.7 Å². The monoisotopic (exact) mass is 450 g/mol. The molecular weight excluding hydrogens is 420 g/mol. The summed E-state index contributed by atoms with van der Waals surface area (Å²) < 4.78 is 11.0. The van der Waals surface area contributed by atoms with Crippen LogP contribution in [0.15, 0.2) is 36.4 Å². The highest BCUT2D eigenvalue weighted by Crippen LogP contribution is 2.39. The summed E-state index contributed by atoms with van der Waals surface area (Å²) in [6, 6.07) is 13.2. The number of hydrogen-bond donors (Lipinski definition) is 1. The normalized spacial score (nSPS) is 12.5. The van der Waals surface area contributed by atoms with Gasteiger partial charge in [0.2, 0.25) is 0 Å². The SMILES string of the molecule is CCOC(=O)c1nn(COCC[Si](C)(C)C)nc1-c1ccc2c(c1)Cc1cc(N)ccc1-2. The molecule has 2 aromatic carbocycles. The zero-order valence-corrected chi connectivity index (χ0v) is 20.1. The minimum atomic E-state index is -1.18. The molecule has 4 rings (SSSR count). The molecule has 1 aliphatic carbocycles. The Kier molecular flexibility index (Phi) is 6.17. The Morgan fingerprint density at radius 1 is 1.09 bits per heavy atom. The predicted molar refractivity (Wildman–Crippen MR) is 128 cm³/mol. The van der Waals surface area contributed by atoms with Gasteiger partial charge in [-0.1, -0.05) is 37.8 Å². The molecule has 0 fully saturated rings. The number of nitrogens with zero attached hydrogens (tertiary/aromatic N) is 3. The number of nitrogens with two attached hydrogens (primary N) is 1. The second-order valence-corrected chi connectivity index (χ2v) is 14.9. The number of fused-ring (bicyclic) bond motifs is 3. The molecule has 168 valence electrons. The van der Waals surface area contributed by atoms with Crippen LogP contribution in [0.3, 0.4) is 0 Å². The van der Waals surface area contributed by atoms with Gasteiger partial charge in [-0.2, -0.15) is 9.90 Å². The fourth-order valence-electron chi connectivity index (χ4n) is 3.84. The first kappa shape index (κ1) is 22.2. The first-order chi connectivity index (χ1) is 15.2. The number of ether oxygens (including phenoxy) is 2. The van der Waals surface area contributed by atoms with Gasteiger partial charge in [0.05, 0.1) is 6.61 Å². The molecule has 3 aromatic rings. The predicted octanol–water partition coefficient (Wildman–Crippen LogP) is 4.59. The third-order valence-electron chi connectivity index (χ3n) is 5.51. The molecule has 0 spiro atoms. The third kappa shape index (κ3) is 4.76. The van der Waals surface area contributed by atoms with Gasteiger partial charge in [-0.3, -0.25) is 0 Å². The van der Waals surface area contributed by atoms with Crippen molar-refractivity contribution < 1.29 is 14.3 Å². The van der Waals surface area contributed by atoms with Crippen molar-refractivity contribution in [2.75, 3.05) is 18.9 Å². The zero-order chi connectivity index (χ0) is 22.9. The molecule has 0 radical (unpaired) electrons. The molecular formula is C24H30N4O3Si. The van der Waals surface area contributed by atoms with Gasteiger partial charge in [0.1, 0.15) is 5.69 Å². The first-order valence-electron chi connectivity index (χ1n) is 11.0. The number of carbonyl (C=O) groups is 1. The number of aromatic nitrogens is 3. The Morgan fingerprint density at radius 3 is 2.53 bits per heavy atom. The molecule has 0 bridgehead atoms. The molecule has 0 saturated carbocycles. The van der Waals surface area contributed by atoms with E-state index >= 15 is 0 Å². The van der Waals surface area contributed by atoms with Crippen molar-refractivity contribution in [3.05, 3.63) is 53.2 Å². The van der Waals surface area contributed by atoms with Crippen molar-refractivity contribution in [1.82, 2.24) is 15.0 Å². The number of hydrogen-bond acceptors (Lipinski definition) is 6. The van der Waals surface area contributed by atoms with Crippen molar-refractivity contribution >= 4 is 19.7 Å².